The Balaban J connectivity index is 2.12. The molecule has 0 spiro atoms. The van der Waals surface area contributed by atoms with Crippen molar-refractivity contribution < 1.29 is 23.9 Å². The molecule has 0 N–H and O–H groups in total. The van der Waals surface area contributed by atoms with Crippen LogP contribution in [0.5, 0.6) is 0 Å². The number of nitrogens with zero attached hydrogens (tertiary/aromatic N) is 3. The molecule has 1 aromatic heterocycles. The van der Waals surface area contributed by atoms with E-state index >= 15 is 0 Å². The van der Waals surface area contributed by atoms with Crippen molar-refractivity contribution in [1.29, 1.82) is 0 Å². The Hall–Kier alpha value is -2.03. The van der Waals surface area contributed by atoms with E-state index in [9.17, 15) is 14.4 Å². The Morgan fingerprint density at radius 1 is 1.29 bits per heavy atom. The van der Waals surface area contributed by atoms with Crippen molar-refractivity contribution in [3.63, 3.8) is 0 Å². The zero-order valence-electron chi connectivity index (χ0n) is 14.2. The number of esters is 2. The molecule has 0 bridgehead atoms. The van der Waals surface area contributed by atoms with Crippen LogP contribution in [0.25, 0.3) is 0 Å². The molecule has 0 radical (unpaired) electrons. The number of aromatic nitrogens is 2. The van der Waals surface area contributed by atoms with E-state index < -0.39 is 23.4 Å². The van der Waals surface area contributed by atoms with Crippen LogP contribution in [-0.2, 0) is 19.1 Å². The minimum Gasteiger partial charge on any atom is -0.461 e. The van der Waals surface area contributed by atoms with E-state index in [-0.39, 0.29) is 17.7 Å². The molecule has 1 fully saturated rings. The first-order valence-corrected chi connectivity index (χ1v) is 8.59. The number of hydrogen-bond acceptors (Lipinski definition) is 8. The van der Waals surface area contributed by atoms with E-state index in [4.69, 9.17) is 9.47 Å². The van der Waals surface area contributed by atoms with Gasteiger partial charge in [0.1, 0.15) is 10.6 Å². The van der Waals surface area contributed by atoms with Gasteiger partial charge in [-0.05, 0) is 40.5 Å². The minimum absolute atomic E-state index is 0.142. The summed E-state index contributed by atoms with van der Waals surface area (Å²) in [5.74, 6) is -2.12. The van der Waals surface area contributed by atoms with Gasteiger partial charge in [0.2, 0.25) is 5.01 Å². The third kappa shape index (κ3) is 4.28. The van der Waals surface area contributed by atoms with Crippen LogP contribution >= 0.6 is 11.3 Å². The molecule has 2 heterocycles. The van der Waals surface area contributed by atoms with Crippen LogP contribution in [0.2, 0.25) is 0 Å². The maximum absolute atomic E-state index is 12.4. The van der Waals surface area contributed by atoms with E-state index in [1.54, 1.807) is 27.7 Å². The molecule has 1 saturated heterocycles. The predicted octanol–water partition coefficient (Wildman–Crippen LogP) is 1.72. The molecule has 2 rings (SSSR count). The maximum Gasteiger partial charge on any atom is 0.397 e. The lowest BCUT2D eigenvalue weighted by Crippen LogP contribution is -2.40. The molecule has 132 valence electrons. The molecule has 1 aliphatic heterocycles. The monoisotopic (exact) mass is 355 g/mol. The molecule has 0 saturated carbocycles. The van der Waals surface area contributed by atoms with Crippen molar-refractivity contribution in [1.82, 2.24) is 15.1 Å². The van der Waals surface area contributed by atoms with Crippen molar-refractivity contribution in [3.8, 4) is 0 Å². The van der Waals surface area contributed by atoms with E-state index in [0.717, 1.165) is 17.8 Å². The van der Waals surface area contributed by atoms with Crippen molar-refractivity contribution in [3.05, 3.63) is 10.0 Å². The normalized spacial score (nSPS) is 17.7. The third-order valence-corrected chi connectivity index (χ3v) is 4.27. The second-order valence-electron chi connectivity index (χ2n) is 6.32. The van der Waals surface area contributed by atoms with Crippen molar-refractivity contribution in [2.24, 2.45) is 0 Å². The van der Waals surface area contributed by atoms with Gasteiger partial charge in [-0.2, -0.15) is 0 Å². The predicted molar refractivity (Wildman–Crippen MR) is 85.4 cm³/mol. The highest BCUT2D eigenvalue weighted by Gasteiger charge is 2.37. The van der Waals surface area contributed by atoms with Gasteiger partial charge in [-0.25, -0.2) is 9.59 Å². The van der Waals surface area contributed by atoms with E-state index in [1.807, 2.05) is 0 Å². The number of rotatable bonds is 3. The lowest BCUT2D eigenvalue weighted by molar-refractivity contribution is -0.168. The summed E-state index contributed by atoms with van der Waals surface area (Å²) in [4.78, 5) is 37.5. The summed E-state index contributed by atoms with van der Waals surface area (Å²) in [6, 6.07) is -0.370. The highest BCUT2D eigenvalue weighted by Crippen LogP contribution is 2.34. The first kappa shape index (κ1) is 18.3. The summed E-state index contributed by atoms with van der Waals surface area (Å²) in [7, 11) is 0. The SMILES string of the molecule is CCOC(=O)c1nnc([C@@H]2CCCN2C(=O)C(=O)OC(C)(C)C)s1. The topological polar surface area (TPSA) is 98.7 Å². The van der Waals surface area contributed by atoms with Gasteiger partial charge in [-0.3, -0.25) is 4.79 Å². The van der Waals surface area contributed by atoms with Crippen molar-refractivity contribution in [2.75, 3.05) is 13.2 Å². The van der Waals surface area contributed by atoms with E-state index in [2.05, 4.69) is 10.2 Å². The molecule has 1 aromatic rings. The van der Waals surface area contributed by atoms with Gasteiger partial charge in [0.25, 0.3) is 0 Å². The molecule has 0 unspecified atom stereocenters. The minimum atomic E-state index is -0.885. The van der Waals surface area contributed by atoms with Crippen molar-refractivity contribution in [2.45, 2.75) is 52.2 Å². The van der Waals surface area contributed by atoms with Gasteiger partial charge in [0, 0.05) is 6.54 Å². The molecule has 24 heavy (non-hydrogen) atoms. The van der Waals surface area contributed by atoms with E-state index in [0.29, 0.717) is 18.0 Å². The van der Waals surface area contributed by atoms with Crippen LogP contribution in [0.4, 0.5) is 0 Å². The van der Waals surface area contributed by atoms with E-state index in [1.165, 1.54) is 4.90 Å². The smallest absolute Gasteiger partial charge is 0.397 e. The summed E-state index contributed by atoms with van der Waals surface area (Å²) in [5.41, 5.74) is -0.734. The summed E-state index contributed by atoms with van der Waals surface area (Å²) in [6.07, 6.45) is 1.40. The molecule has 1 aliphatic rings. The molecule has 1 amide bonds. The molecular weight excluding hydrogens is 334 g/mol. The molecule has 0 aromatic carbocycles. The average Bonchev–Trinajstić information content (AvgIpc) is 3.13. The van der Waals surface area contributed by atoms with Crippen LogP contribution in [0.15, 0.2) is 0 Å². The number of likely N-dealkylation sites (tertiary alicyclic amines) is 1. The quantitative estimate of drug-likeness (QED) is 0.601. The number of carbonyl (C=O) groups excluding carboxylic acids is 3. The van der Waals surface area contributed by atoms with Gasteiger partial charge in [-0.1, -0.05) is 11.3 Å². The fourth-order valence-corrected chi connectivity index (χ4v) is 3.23. The van der Waals surface area contributed by atoms with Gasteiger partial charge in [-0.15, -0.1) is 10.2 Å². The molecule has 1 atom stereocenters. The Kier molecular flexibility index (Phi) is 5.53. The first-order chi connectivity index (χ1) is 11.2. The Labute approximate surface area is 144 Å². The van der Waals surface area contributed by atoms with Crippen molar-refractivity contribution >= 4 is 29.2 Å². The highest BCUT2D eigenvalue weighted by atomic mass is 32.1. The summed E-state index contributed by atoms with van der Waals surface area (Å²) in [6.45, 7) is 7.51. The summed E-state index contributed by atoms with van der Waals surface area (Å²) < 4.78 is 10.0. The highest BCUT2D eigenvalue weighted by molar-refractivity contribution is 7.13. The summed E-state index contributed by atoms with van der Waals surface area (Å²) in [5, 5.41) is 8.47. The van der Waals surface area contributed by atoms with Crippen LogP contribution < -0.4 is 0 Å². The lowest BCUT2D eigenvalue weighted by atomic mass is 10.2. The fourth-order valence-electron chi connectivity index (χ4n) is 2.35. The maximum atomic E-state index is 12.4. The summed E-state index contributed by atoms with van der Waals surface area (Å²) >= 11 is 1.08. The Morgan fingerprint density at radius 3 is 2.62 bits per heavy atom. The van der Waals surface area contributed by atoms with Crippen LogP contribution in [0.1, 0.15) is 61.4 Å². The van der Waals surface area contributed by atoms with Gasteiger partial charge in [0.05, 0.1) is 12.6 Å². The largest absolute Gasteiger partial charge is 0.461 e. The first-order valence-electron chi connectivity index (χ1n) is 7.77. The zero-order chi connectivity index (χ0) is 17.9. The van der Waals surface area contributed by atoms with Crippen LogP contribution in [0, 0.1) is 0 Å². The van der Waals surface area contributed by atoms with Crippen LogP contribution in [0.3, 0.4) is 0 Å². The zero-order valence-corrected chi connectivity index (χ0v) is 15.0. The van der Waals surface area contributed by atoms with Gasteiger partial charge >= 0.3 is 17.8 Å². The number of carbonyl (C=O) groups is 3. The lowest BCUT2D eigenvalue weighted by Gasteiger charge is -2.24. The second-order valence-corrected chi connectivity index (χ2v) is 7.33. The van der Waals surface area contributed by atoms with Gasteiger partial charge in [0.15, 0.2) is 0 Å². The molecule has 8 nitrogen and oxygen atoms in total. The molecular formula is C15H21N3O5S. The number of hydrogen-bond donors (Lipinski definition) is 0. The number of amides is 1. The Morgan fingerprint density at radius 2 is 2.00 bits per heavy atom. The second kappa shape index (κ2) is 7.25. The molecule has 9 heteroatoms. The van der Waals surface area contributed by atoms with Crippen LogP contribution in [-0.4, -0.2) is 51.7 Å². The third-order valence-electron chi connectivity index (χ3n) is 3.26. The molecule has 0 aliphatic carbocycles. The fraction of sp³-hybridized carbons (Fsp3) is 0.667. The van der Waals surface area contributed by atoms with Gasteiger partial charge < -0.3 is 14.4 Å². The Bertz CT molecular complexity index is 637. The average molecular weight is 355 g/mol. The standard InChI is InChI=1S/C15H21N3O5S/c1-5-22-13(20)11-17-16-10(24-11)9-7-6-8-18(9)12(19)14(21)23-15(2,3)4/h9H,5-8H2,1-4H3/t9-/m0/s1. The number of ether oxygens (including phenoxy) is 2.